The van der Waals surface area contributed by atoms with Gasteiger partial charge in [0.2, 0.25) is 5.91 Å². The minimum Gasteiger partial charge on any atom is -0.469 e. The van der Waals surface area contributed by atoms with E-state index in [4.69, 9.17) is 4.74 Å². The monoisotopic (exact) mass is 377 g/mol. The second kappa shape index (κ2) is 7.82. The fourth-order valence-electron chi connectivity index (χ4n) is 3.42. The van der Waals surface area contributed by atoms with Gasteiger partial charge < -0.3 is 9.64 Å². The lowest BCUT2D eigenvalue weighted by molar-refractivity contribution is -0.152. The maximum Gasteiger partial charge on any atom is 0.311 e. The number of carbonyl (C=O) groups excluding carboxylic acids is 2. The summed E-state index contributed by atoms with van der Waals surface area (Å²) in [6.45, 7) is 0.295. The molecule has 1 fully saturated rings. The number of ether oxygens (including phenoxy) is 1. The third-order valence-corrected chi connectivity index (χ3v) is 4.81. The number of methoxy groups -OCH3 is 1. The summed E-state index contributed by atoms with van der Waals surface area (Å²) >= 11 is 0. The first-order valence-electron chi connectivity index (χ1n) is 8.44. The Labute approximate surface area is 154 Å². The number of benzene rings is 2. The summed E-state index contributed by atoms with van der Waals surface area (Å²) in [4.78, 5) is 26.3. The minimum atomic E-state index is -1.32. The molecule has 0 bridgehead atoms. The number of likely N-dealkylation sites (tertiary alicyclic amines) is 1. The van der Waals surface area contributed by atoms with Crippen LogP contribution in [0.3, 0.4) is 0 Å². The minimum absolute atomic E-state index is 0.00348. The number of hydrogen-bond acceptors (Lipinski definition) is 3. The van der Waals surface area contributed by atoms with Crippen molar-refractivity contribution in [3.63, 3.8) is 0 Å². The molecule has 0 saturated carbocycles. The molecule has 1 aliphatic rings. The zero-order chi connectivity index (χ0) is 19.6. The molecule has 1 heterocycles. The zero-order valence-corrected chi connectivity index (χ0v) is 14.6. The maximum atomic E-state index is 14.2. The van der Waals surface area contributed by atoms with E-state index in [1.807, 2.05) is 30.3 Å². The molecule has 2 aromatic carbocycles. The van der Waals surface area contributed by atoms with Crippen LogP contribution >= 0.6 is 0 Å². The van der Waals surface area contributed by atoms with Gasteiger partial charge in [0.25, 0.3) is 0 Å². The molecule has 0 spiro atoms. The van der Waals surface area contributed by atoms with Gasteiger partial charge >= 0.3 is 5.97 Å². The second-order valence-electron chi connectivity index (χ2n) is 6.49. The molecule has 1 saturated heterocycles. The summed E-state index contributed by atoms with van der Waals surface area (Å²) in [5.74, 6) is -6.27. The highest BCUT2D eigenvalue weighted by Crippen LogP contribution is 2.37. The van der Waals surface area contributed by atoms with Crippen LogP contribution in [-0.4, -0.2) is 30.4 Å². The van der Waals surface area contributed by atoms with Gasteiger partial charge in [0, 0.05) is 31.5 Å². The van der Waals surface area contributed by atoms with E-state index in [9.17, 15) is 22.8 Å². The fraction of sp³-hybridized carbons (Fsp3) is 0.300. The van der Waals surface area contributed by atoms with E-state index in [-0.39, 0.29) is 24.4 Å². The lowest BCUT2D eigenvalue weighted by Gasteiger charge is -2.37. The van der Waals surface area contributed by atoms with Crippen LogP contribution in [0.2, 0.25) is 0 Å². The number of hydrogen-bond donors (Lipinski definition) is 0. The molecule has 0 aliphatic carbocycles. The summed E-state index contributed by atoms with van der Waals surface area (Å²) in [6.07, 6.45) is -0.200. The van der Waals surface area contributed by atoms with Crippen molar-refractivity contribution in [2.24, 2.45) is 5.92 Å². The summed E-state index contributed by atoms with van der Waals surface area (Å²) in [5.41, 5.74) is 0.684. The highest BCUT2D eigenvalue weighted by atomic mass is 19.2. The molecule has 2 atom stereocenters. The number of esters is 1. The summed E-state index contributed by atoms with van der Waals surface area (Å²) in [7, 11) is 1.19. The zero-order valence-electron chi connectivity index (χ0n) is 14.6. The van der Waals surface area contributed by atoms with Crippen molar-refractivity contribution < 1.29 is 27.5 Å². The van der Waals surface area contributed by atoms with Crippen LogP contribution < -0.4 is 0 Å². The quantitative estimate of drug-likeness (QED) is 0.606. The van der Waals surface area contributed by atoms with Gasteiger partial charge in [-0.2, -0.15) is 0 Å². The Hall–Kier alpha value is -2.83. The molecule has 7 heteroatoms. The molecule has 27 heavy (non-hydrogen) atoms. The summed E-state index contributed by atoms with van der Waals surface area (Å²) < 4.78 is 45.9. The van der Waals surface area contributed by atoms with Gasteiger partial charge in [-0.25, -0.2) is 13.2 Å². The van der Waals surface area contributed by atoms with Crippen LogP contribution in [0.5, 0.6) is 0 Å². The molecule has 3 rings (SSSR count). The third-order valence-electron chi connectivity index (χ3n) is 4.81. The Bertz CT molecular complexity index is 857. The molecule has 1 amide bonds. The maximum absolute atomic E-state index is 14.2. The van der Waals surface area contributed by atoms with Crippen molar-refractivity contribution in [2.75, 3.05) is 13.7 Å². The number of nitrogens with zero attached hydrogens (tertiary/aromatic N) is 1. The van der Waals surface area contributed by atoms with Gasteiger partial charge in [-0.15, -0.1) is 0 Å². The van der Waals surface area contributed by atoms with Gasteiger partial charge in [-0.3, -0.25) is 9.59 Å². The van der Waals surface area contributed by atoms with Crippen molar-refractivity contribution >= 4 is 11.9 Å². The molecule has 0 N–H and O–H groups in total. The van der Waals surface area contributed by atoms with Crippen LogP contribution in [0.1, 0.15) is 23.5 Å². The SMILES string of the molecule is COC(=O)C1CN(Cc2ccccc2)C(=O)CC1c1cc(F)c(F)cc1F. The van der Waals surface area contributed by atoms with Crippen molar-refractivity contribution in [2.45, 2.75) is 18.9 Å². The molecule has 1 aliphatic heterocycles. The Morgan fingerprint density at radius 3 is 2.44 bits per heavy atom. The molecule has 142 valence electrons. The van der Waals surface area contributed by atoms with Crippen molar-refractivity contribution in [1.29, 1.82) is 0 Å². The van der Waals surface area contributed by atoms with Crippen LogP contribution in [0, 0.1) is 23.4 Å². The number of carbonyl (C=O) groups is 2. The Balaban J connectivity index is 1.91. The smallest absolute Gasteiger partial charge is 0.311 e. The first kappa shape index (κ1) is 18.9. The molecule has 2 aromatic rings. The van der Waals surface area contributed by atoms with E-state index < -0.39 is 35.3 Å². The Kier molecular flexibility index (Phi) is 5.48. The predicted octanol–water partition coefficient (Wildman–Crippen LogP) is 3.41. The van der Waals surface area contributed by atoms with E-state index >= 15 is 0 Å². The van der Waals surface area contributed by atoms with Crippen molar-refractivity contribution in [3.8, 4) is 0 Å². The van der Waals surface area contributed by atoms with E-state index in [0.29, 0.717) is 18.7 Å². The topological polar surface area (TPSA) is 46.6 Å². The standard InChI is InChI=1S/C20H18F3NO3/c1-27-20(26)15-11-24(10-12-5-3-2-4-6-12)19(25)8-13(15)14-7-17(22)18(23)9-16(14)21/h2-7,9,13,15H,8,10-11H2,1H3. The second-order valence-corrected chi connectivity index (χ2v) is 6.49. The summed E-state index contributed by atoms with van der Waals surface area (Å²) in [6, 6.07) is 10.4. The molecule has 2 unspecified atom stereocenters. The van der Waals surface area contributed by atoms with Crippen LogP contribution in [0.4, 0.5) is 13.2 Å². The average Bonchev–Trinajstić information content (AvgIpc) is 2.66. The highest BCUT2D eigenvalue weighted by Gasteiger charge is 2.41. The Morgan fingerprint density at radius 2 is 1.78 bits per heavy atom. The predicted molar refractivity (Wildman–Crippen MR) is 91.0 cm³/mol. The number of piperidine rings is 1. The first-order chi connectivity index (χ1) is 12.9. The van der Waals surface area contributed by atoms with Gasteiger partial charge in [0.05, 0.1) is 13.0 Å². The van der Waals surface area contributed by atoms with E-state index in [1.54, 1.807) is 0 Å². The molecule has 0 radical (unpaired) electrons. The number of halogens is 3. The average molecular weight is 377 g/mol. The van der Waals surface area contributed by atoms with Crippen LogP contribution in [0.25, 0.3) is 0 Å². The number of rotatable bonds is 4. The van der Waals surface area contributed by atoms with E-state index in [2.05, 4.69) is 0 Å². The molecular weight excluding hydrogens is 359 g/mol. The normalized spacial score (nSPS) is 19.9. The van der Waals surface area contributed by atoms with Gasteiger partial charge in [-0.1, -0.05) is 30.3 Å². The van der Waals surface area contributed by atoms with Gasteiger partial charge in [0.1, 0.15) is 5.82 Å². The van der Waals surface area contributed by atoms with Gasteiger partial charge in [-0.05, 0) is 17.2 Å². The first-order valence-corrected chi connectivity index (χ1v) is 8.44. The Morgan fingerprint density at radius 1 is 1.11 bits per heavy atom. The van der Waals surface area contributed by atoms with Gasteiger partial charge in [0.15, 0.2) is 11.6 Å². The van der Waals surface area contributed by atoms with Crippen molar-refractivity contribution in [1.82, 2.24) is 4.90 Å². The largest absolute Gasteiger partial charge is 0.469 e. The number of amides is 1. The van der Waals surface area contributed by atoms with E-state index in [0.717, 1.165) is 5.56 Å². The van der Waals surface area contributed by atoms with E-state index in [1.165, 1.54) is 12.0 Å². The molecule has 0 aromatic heterocycles. The lowest BCUT2D eigenvalue weighted by Crippen LogP contribution is -2.46. The lowest BCUT2D eigenvalue weighted by atomic mass is 9.79. The summed E-state index contributed by atoms with van der Waals surface area (Å²) in [5, 5.41) is 0. The molecular formula is C20H18F3NO3. The highest BCUT2D eigenvalue weighted by molar-refractivity contribution is 5.83. The van der Waals surface area contributed by atoms with Crippen molar-refractivity contribution in [3.05, 3.63) is 71.0 Å². The molecule has 4 nitrogen and oxygen atoms in total. The van der Waals surface area contributed by atoms with Crippen LogP contribution in [0.15, 0.2) is 42.5 Å². The van der Waals surface area contributed by atoms with Crippen LogP contribution in [-0.2, 0) is 20.9 Å². The fourth-order valence-corrected chi connectivity index (χ4v) is 3.42. The third kappa shape index (κ3) is 3.97.